The van der Waals surface area contributed by atoms with Gasteiger partial charge in [0, 0.05) is 10.5 Å². The van der Waals surface area contributed by atoms with E-state index in [-0.39, 0.29) is 6.04 Å². The number of rotatable bonds is 2. The van der Waals surface area contributed by atoms with Gasteiger partial charge in [-0.3, -0.25) is 0 Å². The third kappa shape index (κ3) is 1.68. The Bertz CT molecular complexity index is 391. The lowest BCUT2D eigenvalue weighted by Crippen LogP contribution is -2.13. The minimum Gasteiger partial charge on any atom is -0.324 e. The molecule has 0 saturated heterocycles. The maximum absolute atomic E-state index is 8.86. The molecule has 0 aliphatic heterocycles. The fourth-order valence-corrected chi connectivity index (χ4v) is 2.22. The average molecular weight is 251 g/mol. The second-order valence-corrected chi connectivity index (χ2v) is 4.48. The van der Waals surface area contributed by atoms with Crippen molar-refractivity contribution in [2.24, 2.45) is 11.7 Å². The van der Waals surface area contributed by atoms with E-state index in [2.05, 4.69) is 22.0 Å². The summed E-state index contributed by atoms with van der Waals surface area (Å²) in [6.45, 7) is 0. The Morgan fingerprint density at radius 1 is 1.50 bits per heavy atom. The van der Waals surface area contributed by atoms with E-state index in [1.165, 1.54) is 12.8 Å². The molecular formula is C11H11BrN2. The summed E-state index contributed by atoms with van der Waals surface area (Å²) >= 11 is 3.44. The Kier molecular flexibility index (Phi) is 2.58. The molecule has 2 N–H and O–H groups in total. The lowest BCUT2D eigenvalue weighted by atomic mass is 10.0. The van der Waals surface area contributed by atoms with Gasteiger partial charge in [-0.2, -0.15) is 5.26 Å². The number of nitrogens with two attached hydrogens (primary N) is 1. The van der Waals surface area contributed by atoms with Crippen LogP contribution in [0.25, 0.3) is 0 Å². The van der Waals surface area contributed by atoms with Crippen LogP contribution in [0.15, 0.2) is 22.7 Å². The first-order valence-corrected chi connectivity index (χ1v) is 5.47. The monoisotopic (exact) mass is 250 g/mol. The molecule has 1 saturated carbocycles. The van der Waals surface area contributed by atoms with E-state index in [0.717, 1.165) is 10.0 Å². The van der Waals surface area contributed by atoms with Crippen molar-refractivity contribution in [3.05, 3.63) is 33.8 Å². The minimum atomic E-state index is 0.0812. The Labute approximate surface area is 91.9 Å². The van der Waals surface area contributed by atoms with Gasteiger partial charge in [0.2, 0.25) is 0 Å². The van der Waals surface area contributed by atoms with Gasteiger partial charge in [-0.15, -0.1) is 0 Å². The average Bonchev–Trinajstić information content (AvgIpc) is 3.00. The zero-order valence-electron chi connectivity index (χ0n) is 7.70. The Hall–Kier alpha value is -0.850. The molecule has 0 amide bonds. The SMILES string of the molecule is N#Cc1cccc([C@@H](N)C2CC2)c1Br. The number of nitriles is 1. The van der Waals surface area contributed by atoms with Crippen molar-refractivity contribution in [1.29, 1.82) is 5.26 Å². The second-order valence-electron chi connectivity index (χ2n) is 3.68. The highest BCUT2D eigenvalue weighted by Crippen LogP contribution is 2.41. The molecule has 1 aliphatic carbocycles. The number of benzene rings is 1. The summed E-state index contributed by atoms with van der Waals surface area (Å²) in [5.41, 5.74) is 7.81. The van der Waals surface area contributed by atoms with Crippen molar-refractivity contribution in [3.8, 4) is 6.07 Å². The predicted molar refractivity (Wildman–Crippen MR) is 58.5 cm³/mol. The van der Waals surface area contributed by atoms with Crippen LogP contribution < -0.4 is 5.73 Å². The lowest BCUT2D eigenvalue weighted by Gasteiger charge is -2.13. The van der Waals surface area contributed by atoms with E-state index in [0.29, 0.717) is 11.5 Å². The molecule has 3 heteroatoms. The fraction of sp³-hybridized carbons (Fsp3) is 0.364. The molecule has 2 nitrogen and oxygen atoms in total. The maximum atomic E-state index is 8.86. The van der Waals surface area contributed by atoms with Crippen LogP contribution in [0.2, 0.25) is 0 Å². The molecular weight excluding hydrogens is 240 g/mol. The quantitative estimate of drug-likeness (QED) is 0.878. The summed E-state index contributed by atoms with van der Waals surface area (Å²) in [6.07, 6.45) is 2.43. The molecule has 1 aliphatic rings. The van der Waals surface area contributed by atoms with Gasteiger partial charge in [-0.05, 0) is 46.3 Å². The minimum absolute atomic E-state index is 0.0812. The van der Waals surface area contributed by atoms with E-state index in [1.807, 2.05) is 12.1 Å². The molecule has 1 aromatic carbocycles. The lowest BCUT2D eigenvalue weighted by molar-refractivity contribution is 0.630. The predicted octanol–water partition coefficient (Wildman–Crippen LogP) is 2.73. The molecule has 1 aromatic rings. The van der Waals surface area contributed by atoms with Crippen LogP contribution in [0.5, 0.6) is 0 Å². The summed E-state index contributed by atoms with van der Waals surface area (Å²) in [5, 5.41) is 8.86. The first-order valence-electron chi connectivity index (χ1n) is 4.68. The molecule has 0 aromatic heterocycles. The summed E-state index contributed by atoms with van der Waals surface area (Å²) < 4.78 is 0.863. The van der Waals surface area contributed by atoms with Crippen LogP contribution in [0.3, 0.4) is 0 Å². The van der Waals surface area contributed by atoms with Crippen molar-refractivity contribution in [2.45, 2.75) is 18.9 Å². The normalized spacial score (nSPS) is 17.5. The fourth-order valence-electron chi connectivity index (χ4n) is 1.60. The van der Waals surface area contributed by atoms with E-state index in [4.69, 9.17) is 11.0 Å². The largest absolute Gasteiger partial charge is 0.324 e. The summed E-state index contributed by atoms with van der Waals surface area (Å²) in [4.78, 5) is 0. The van der Waals surface area contributed by atoms with E-state index < -0.39 is 0 Å². The van der Waals surface area contributed by atoms with Crippen molar-refractivity contribution in [2.75, 3.05) is 0 Å². The van der Waals surface area contributed by atoms with Gasteiger partial charge >= 0.3 is 0 Å². The molecule has 14 heavy (non-hydrogen) atoms. The first kappa shape index (κ1) is 9.70. The van der Waals surface area contributed by atoms with E-state index >= 15 is 0 Å². The number of nitrogens with zero attached hydrogens (tertiary/aromatic N) is 1. The zero-order valence-corrected chi connectivity index (χ0v) is 9.29. The van der Waals surface area contributed by atoms with Crippen LogP contribution in [0.1, 0.15) is 30.0 Å². The standard InChI is InChI=1S/C11H11BrN2/c12-10-8(6-13)2-1-3-9(10)11(14)7-4-5-7/h1-3,7,11H,4-5,14H2/t11-/m0/s1. The molecule has 1 atom stereocenters. The number of halogens is 1. The summed E-state index contributed by atoms with van der Waals surface area (Å²) in [6, 6.07) is 7.91. The number of hydrogen-bond donors (Lipinski definition) is 1. The molecule has 72 valence electrons. The first-order chi connectivity index (χ1) is 6.74. The highest BCUT2D eigenvalue weighted by atomic mass is 79.9. The van der Waals surface area contributed by atoms with Crippen molar-refractivity contribution < 1.29 is 0 Å². The van der Waals surface area contributed by atoms with E-state index in [9.17, 15) is 0 Å². The smallest absolute Gasteiger partial charge is 0.100 e. The third-order valence-corrected chi connectivity index (χ3v) is 3.52. The van der Waals surface area contributed by atoms with Gasteiger partial charge in [0.25, 0.3) is 0 Å². The molecule has 0 heterocycles. The van der Waals surface area contributed by atoms with Crippen molar-refractivity contribution in [1.82, 2.24) is 0 Å². The van der Waals surface area contributed by atoms with Crippen molar-refractivity contribution >= 4 is 15.9 Å². The Morgan fingerprint density at radius 2 is 2.21 bits per heavy atom. The van der Waals surface area contributed by atoms with Crippen molar-refractivity contribution in [3.63, 3.8) is 0 Å². The summed E-state index contributed by atoms with van der Waals surface area (Å²) in [7, 11) is 0. The molecule has 0 spiro atoms. The Morgan fingerprint density at radius 3 is 2.79 bits per heavy atom. The molecule has 0 radical (unpaired) electrons. The number of hydrogen-bond acceptors (Lipinski definition) is 2. The van der Waals surface area contributed by atoms with Gasteiger partial charge in [0.05, 0.1) is 5.56 Å². The van der Waals surface area contributed by atoms with E-state index in [1.54, 1.807) is 6.07 Å². The van der Waals surface area contributed by atoms with Crippen LogP contribution in [0, 0.1) is 17.2 Å². The van der Waals surface area contributed by atoms with Gasteiger partial charge in [-0.25, -0.2) is 0 Å². The maximum Gasteiger partial charge on any atom is 0.100 e. The zero-order chi connectivity index (χ0) is 10.1. The van der Waals surface area contributed by atoms with Gasteiger partial charge < -0.3 is 5.73 Å². The molecule has 0 unspecified atom stereocenters. The highest BCUT2D eigenvalue weighted by molar-refractivity contribution is 9.10. The van der Waals surface area contributed by atoms with Gasteiger partial charge in [0.1, 0.15) is 6.07 Å². The van der Waals surface area contributed by atoms with Crippen LogP contribution >= 0.6 is 15.9 Å². The highest BCUT2D eigenvalue weighted by Gasteiger charge is 2.30. The second kappa shape index (κ2) is 3.72. The molecule has 0 bridgehead atoms. The van der Waals surface area contributed by atoms with Crippen LogP contribution in [-0.4, -0.2) is 0 Å². The molecule has 2 rings (SSSR count). The topological polar surface area (TPSA) is 49.8 Å². The van der Waals surface area contributed by atoms with Crippen LogP contribution in [0.4, 0.5) is 0 Å². The van der Waals surface area contributed by atoms with Gasteiger partial charge in [-0.1, -0.05) is 12.1 Å². The third-order valence-electron chi connectivity index (χ3n) is 2.64. The Balaban J connectivity index is 2.37. The molecule has 1 fully saturated rings. The summed E-state index contributed by atoms with van der Waals surface area (Å²) in [5.74, 6) is 0.611. The van der Waals surface area contributed by atoms with Crippen LogP contribution in [-0.2, 0) is 0 Å². The van der Waals surface area contributed by atoms with Gasteiger partial charge in [0.15, 0.2) is 0 Å².